The monoisotopic (exact) mass is 239 g/mol. The van der Waals surface area contributed by atoms with E-state index in [0.29, 0.717) is 6.42 Å². The van der Waals surface area contributed by atoms with Crippen LogP contribution in [0.4, 0.5) is 0 Å². The van der Waals surface area contributed by atoms with Crippen molar-refractivity contribution in [2.75, 3.05) is 6.54 Å². The number of aromatic hydroxyl groups is 1. The van der Waals surface area contributed by atoms with Crippen molar-refractivity contribution in [3.05, 3.63) is 24.3 Å². The third-order valence-corrected chi connectivity index (χ3v) is 3.67. The van der Waals surface area contributed by atoms with Gasteiger partial charge in [-0.05, 0) is 43.0 Å². The molecule has 0 aliphatic carbocycles. The third kappa shape index (κ3) is 2.48. The summed E-state index contributed by atoms with van der Waals surface area (Å²) in [5, 5.41) is 18.3. The molecular formula is C11H13NO3S. The molecule has 1 saturated heterocycles. The van der Waals surface area contributed by atoms with Crippen molar-refractivity contribution < 1.29 is 15.0 Å². The van der Waals surface area contributed by atoms with Crippen LogP contribution in [0.5, 0.6) is 5.75 Å². The van der Waals surface area contributed by atoms with Gasteiger partial charge in [-0.25, -0.2) is 4.31 Å². The maximum absolute atomic E-state index is 11.0. The van der Waals surface area contributed by atoms with Crippen LogP contribution in [0.15, 0.2) is 29.2 Å². The lowest BCUT2D eigenvalue weighted by Gasteiger charge is -2.19. The summed E-state index contributed by atoms with van der Waals surface area (Å²) < 4.78 is 1.86. The summed E-state index contributed by atoms with van der Waals surface area (Å²) in [5.74, 6) is -0.568. The number of hydrogen-bond acceptors (Lipinski definition) is 4. The summed E-state index contributed by atoms with van der Waals surface area (Å²) in [6.07, 6.45) is 1.60. The zero-order chi connectivity index (χ0) is 11.5. The highest BCUT2D eigenvalue weighted by Crippen LogP contribution is 2.32. The minimum atomic E-state index is -0.773. The molecule has 1 aliphatic heterocycles. The molecule has 4 nitrogen and oxygen atoms in total. The molecule has 2 N–H and O–H groups in total. The summed E-state index contributed by atoms with van der Waals surface area (Å²) in [6, 6.07) is 6.45. The Morgan fingerprint density at radius 1 is 1.50 bits per heavy atom. The number of nitrogens with zero attached hydrogens (tertiary/aromatic N) is 1. The van der Waals surface area contributed by atoms with Gasteiger partial charge in [-0.3, -0.25) is 4.79 Å². The van der Waals surface area contributed by atoms with E-state index in [0.717, 1.165) is 17.9 Å². The van der Waals surface area contributed by atoms with Crippen LogP contribution in [0.2, 0.25) is 0 Å². The molecule has 1 heterocycles. The topological polar surface area (TPSA) is 60.8 Å². The molecule has 1 aliphatic rings. The molecule has 0 amide bonds. The molecule has 0 aromatic heterocycles. The van der Waals surface area contributed by atoms with Gasteiger partial charge in [-0.15, -0.1) is 0 Å². The van der Waals surface area contributed by atoms with E-state index >= 15 is 0 Å². The first-order valence-electron chi connectivity index (χ1n) is 5.13. The Morgan fingerprint density at radius 3 is 3.00 bits per heavy atom. The molecule has 1 aromatic carbocycles. The van der Waals surface area contributed by atoms with Gasteiger partial charge in [0.2, 0.25) is 0 Å². The van der Waals surface area contributed by atoms with Crippen LogP contribution >= 0.6 is 11.9 Å². The van der Waals surface area contributed by atoms with Gasteiger partial charge in [0.05, 0.1) is 0 Å². The first kappa shape index (κ1) is 11.3. The number of carboxylic acid groups (broad SMARTS) is 1. The van der Waals surface area contributed by atoms with E-state index in [2.05, 4.69) is 0 Å². The van der Waals surface area contributed by atoms with Crippen molar-refractivity contribution in [2.45, 2.75) is 23.8 Å². The zero-order valence-electron chi connectivity index (χ0n) is 8.67. The first-order chi connectivity index (χ1) is 7.66. The van der Waals surface area contributed by atoms with Crippen LogP contribution in [0, 0.1) is 0 Å². The Morgan fingerprint density at radius 2 is 2.31 bits per heavy atom. The minimum Gasteiger partial charge on any atom is -0.508 e. The lowest BCUT2D eigenvalue weighted by atomic mass is 10.2. The van der Waals surface area contributed by atoms with Gasteiger partial charge in [0.1, 0.15) is 11.8 Å². The Kier molecular flexibility index (Phi) is 3.36. The Balaban J connectivity index is 2.06. The maximum Gasteiger partial charge on any atom is 0.321 e. The van der Waals surface area contributed by atoms with Crippen LogP contribution in [0.3, 0.4) is 0 Å². The molecule has 5 heteroatoms. The van der Waals surface area contributed by atoms with Crippen LogP contribution in [0.25, 0.3) is 0 Å². The lowest BCUT2D eigenvalue weighted by Crippen LogP contribution is -2.30. The molecule has 0 bridgehead atoms. The molecule has 1 aromatic rings. The highest BCUT2D eigenvalue weighted by Gasteiger charge is 2.31. The number of carbonyl (C=O) groups is 1. The standard InChI is InChI=1S/C11H13NO3S/c13-8-3-1-4-9(7-8)16-12-6-2-5-10(12)11(14)15/h1,3-4,7,10,13H,2,5-6H2,(H,14,15). The predicted molar refractivity (Wildman–Crippen MR) is 61.3 cm³/mol. The second-order valence-corrected chi connectivity index (χ2v) is 4.85. The smallest absolute Gasteiger partial charge is 0.321 e. The summed E-state index contributed by atoms with van der Waals surface area (Å²) in [4.78, 5) is 11.8. The zero-order valence-corrected chi connectivity index (χ0v) is 9.48. The Bertz CT molecular complexity index is 397. The normalized spacial score (nSPS) is 21.1. The molecule has 0 spiro atoms. The molecule has 86 valence electrons. The molecule has 16 heavy (non-hydrogen) atoms. The summed E-state index contributed by atoms with van der Waals surface area (Å²) in [7, 11) is 0. The fourth-order valence-electron chi connectivity index (χ4n) is 1.77. The second kappa shape index (κ2) is 4.76. The summed E-state index contributed by atoms with van der Waals surface area (Å²) >= 11 is 1.39. The minimum absolute atomic E-state index is 0.205. The number of phenolic OH excluding ortho intramolecular Hbond substituents is 1. The van der Waals surface area contributed by atoms with Crippen molar-refractivity contribution in [2.24, 2.45) is 0 Å². The number of hydrogen-bond donors (Lipinski definition) is 2. The van der Waals surface area contributed by atoms with Gasteiger partial charge < -0.3 is 10.2 Å². The van der Waals surface area contributed by atoms with Gasteiger partial charge >= 0.3 is 5.97 Å². The van der Waals surface area contributed by atoms with Gasteiger partial charge in [0.15, 0.2) is 0 Å². The average Bonchev–Trinajstić information content (AvgIpc) is 2.66. The van der Waals surface area contributed by atoms with E-state index in [1.807, 2.05) is 10.4 Å². The first-order valence-corrected chi connectivity index (χ1v) is 5.90. The van der Waals surface area contributed by atoms with Gasteiger partial charge in [-0.2, -0.15) is 0 Å². The fraction of sp³-hybridized carbons (Fsp3) is 0.364. The highest BCUT2D eigenvalue weighted by atomic mass is 32.2. The van der Waals surface area contributed by atoms with Crippen molar-refractivity contribution in [3.8, 4) is 5.75 Å². The van der Waals surface area contributed by atoms with E-state index < -0.39 is 12.0 Å². The van der Waals surface area contributed by atoms with E-state index in [1.165, 1.54) is 11.9 Å². The van der Waals surface area contributed by atoms with E-state index in [4.69, 9.17) is 5.11 Å². The van der Waals surface area contributed by atoms with Gasteiger partial charge in [0.25, 0.3) is 0 Å². The average molecular weight is 239 g/mol. The van der Waals surface area contributed by atoms with Crippen molar-refractivity contribution in [1.29, 1.82) is 0 Å². The lowest BCUT2D eigenvalue weighted by molar-refractivity contribution is -0.140. The fourth-order valence-corrected chi connectivity index (χ4v) is 2.90. The molecule has 2 rings (SSSR count). The van der Waals surface area contributed by atoms with E-state index in [1.54, 1.807) is 18.2 Å². The molecule has 1 atom stereocenters. The number of phenols is 1. The van der Waals surface area contributed by atoms with Crippen LogP contribution in [-0.4, -0.2) is 33.1 Å². The molecule has 1 fully saturated rings. The molecule has 1 unspecified atom stereocenters. The molecule has 0 radical (unpaired) electrons. The second-order valence-electron chi connectivity index (χ2n) is 3.73. The van der Waals surface area contributed by atoms with Crippen LogP contribution in [0.1, 0.15) is 12.8 Å². The number of carboxylic acids is 1. The van der Waals surface area contributed by atoms with E-state index in [9.17, 15) is 9.90 Å². The predicted octanol–water partition coefficient (Wildman–Crippen LogP) is 1.95. The number of aliphatic carboxylic acids is 1. The van der Waals surface area contributed by atoms with Crippen molar-refractivity contribution >= 4 is 17.9 Å². The Labute approximate surface area is 98.0 Å². The number of rotatable bonds is 3. The Hall–Kier alpha value is -1.20. The maximum atomic E-state index is 11.0. The van der Waals surface area contributed by atoms with E-state index in [-0.39, 0.29) is 5.75 Å². The summed E-state index contributed by atoms with van der Waals surface area (Å²) in [5.41, 5.74) is 0. The SMILES string of the molecule is O=C(O)C1CCCN1Sc1cccc(O)c1. The van der Waals surface area contributed by atoms with Crippen LogP contribution < -0.4 is 0 Å². The van der Waals surface area contributed by atoms with Gasteiger partial charge in [-0.1, -0.05) is 6.07 Å². The third-order valence-electron chi connectivity index (χ3n) is 2.53. The van der Waals surface area contributed by atoms with Crippen LogP contribution in [-0.2, 0) is 4.79 Å². The number of benzene rings is 1. The summed E-state index contributed by atoms with van der Waals surface area (Å²) in [6.45, 7) is 0.775. The van der Waals surface area contributed by atoms with Crippen molar-refractivity contribution in [1.82, 2.24) is 4.31 Å². The largest absolute Gasteiger partial charge is 0.508 e. The van der Waals surface area contributed by atoms with Crippen molar-refractivity contribution in [3.63, 3.8) is 0 Å². The highest BCUT2D eigenvalue weighted by molar-refractivity contribution is 7.97. The molecule has 0 saturated carbocycles. The molecular weight excluding hydrogens is 226 g/mol. The quantitative estimate of drug-likeness (QED) is 0.789. The van der Waals surface area contributed by atoms with Gasteiger partial charge in [0, 0.05) is 11.4 Å².